The monoisotopic (exact) mass is 338 g/mol. The van der Waals surface area contributed by atoms with Crippen molar-refractivity contribution >= 4 is 38.3 Å². The highest BCUT2D eigenvalue weighted by atomic mass is 32.1. The second-order valence-electron chi connectivity index (χ2n) is 5.89. The summed E-state index contributed by atoms with van der Waals surface area (Å²) in [6.45, 7) is 1.92. The maximum atomic E-state index is 12.5. The average Bonchev–Trinajstić information content (AvgIpc) is 3.05. The lowest BCUT2D eigenvalue weighted by atomic mass is 10.1. The predicted molar refractivity (Wildman–Crippen MR) is 97.9 cm³/mol. The largest absolute Gasteiger partial charge is 0.341 e. The third-order valence-corrected chi connectivity index (χ3v) is 5.21. The second kappa shape index (κ2) is 6.57. The second-order valence-corrected chi connectivity index (χ2v) is 6.98. The van der Waals surface area contributed by atoms with Crippen LogP contribution in [0.5, 0.6) is 0 Å². The van der Waals surface area contributed by atoms with E-state index in [1.807, 2.05) is 24.3 Å². The Balaban J connectivity index is 1.53. The van der Waals surface area contributed by atoms with Crippen LogP contribution in [-0.2, 0) is 0 Å². The molecule has 1 aromatic carbocycles. The number of nitrogens with zero attached hydrogens (tertiary/aromatic N) is 3. The number of carbonyl (C=O) groups excluding carboxylic acids is 1. The summed E-state index contributed by atoms with van der Waals surface area (Å²) in [6, 6.07) is 11.7. The van der Waals surface area contributed by atoms with Crippen molar-refractivity contribution in [2.45, 2.75) is 19.3 Å². The molecule has 2 aromatic heterocycles. The Morgan fingerprint density at radius 2 is 1.96 bits per heavy atom. The van der Waals surface area contributed by atoms with Crippen molar-refractivity contribution in [3.8, 4) is 0 Å². The van der Waals surface area contributed by atoms with Crippen LogP contribution in [0.15, 0.2) is 42.6 Å². The van der Waals surface area contributed by atoms with Gasteiger partial charge in [-0.3, -0.25) is 4.79 Å². The van der Waals surface area contributed by atoms with E-state index in [1.165, 1.54) is 6.42 Å². The zero-order valence-electron chi connectivity index (χ0n) is 13.2. The van der Waals surface area contributed by atoms with Crippen molar-refractivity contribution in [3.63, 3.8) is 0 Å². The number of nitrogens with one attached hydrogen (secondary N) is 1. The van der Waals surface area contributed by atoms with Crippen molar-refractivity contribution in [1.29, 1.82) is 0 Å². The van der Waals surface area contributed by atoms with Crippen LogP contribution in [0.2, 0.25) is 0 Å². The van der Waals surface area contributed by atoms with Gasteiger partial charge in [0.1, 0.15) is 5.69 Å². The number of hydrogen-bond donors (Lipinski definition) is 1. The molecule has 0 spiro atoms. The van der Waals surface area contributed by atoms with Gasteiger partial charge < -0.3 is 10.2 Å². The van der Waals surface area contributed by atoms with Gasteiger partial charge in [-0.1, -0.05) is 18.2 Å². The van der Waals surface area contributed by atoms with E-state index in [0.717, 1.165) is 41.0 Å². The molecule has 24 heavy (non-hydrogen) atoms. The average molecular weight is 338 g/mol. The lowest BCUT2D eigenvalue weighted by molar-refractivity contribution is 0.102. The first kappa shape index (κ1) is 15.1. The number of amides is 1. The van der Waals surface area contributed by atoms with Crippen LogP contribution >= 0.6 is 11.3 Å². The number of hydrogen-bond acceptors (Lipinski definition) is 5. The van der Waals surface area contributed by atoms with Gasteiger partial charge in [0.25, 0.3) is 5.91 Å². The summed E-state index contributed by atoms with van der Waals surface area (Å²) >= 11 is 1.57. The van der Waals surface area contributed by atoms with Crippen LogP contribution in [0.25, 0.3) is 10.1 Å². The number of aromatic nitrogens is 2. The number of fused-ring (bicyclic) bond motifs is 1. The van der Waals surface area contributed by atoms with Crippen molar-refractivity contribution in [2.75, 3.05) is 23.3 Å². The Hall–Kier alpha value is -2.47. The van der Waals surface area contributed by atoms with E-state index in [1.54, 1.807) is 23.6 Å². The lowest BCUT2D eigenvalue weighted by Gasteiger charge is -2.26. The zero-order valence-corrected chi connectivity index (χ0v) is 14.1. The summed E-state index contributed by atoms with van der Waals surface area (Å²) in [5.41, 5.74) is 0.406. The third-order valence-electron chi connectivity index (χ3n) is 4.18. The molecule has 1 amide bonds. The van der Waals surface area contributed by atoms with Crippen molar-refractivity contribution in [2.24, 2.45) is 0 Å². The van der Waals surface area contributed by atoms with Gasteiger partial charge in [-0.25, -0.2) is 9.97 Å². The highest BCUT2D eigenvalue weighted by Crippen LogP contribution is 2.29. The number of benzene rings is 1. The zero-order chi connectivity index (χ0) is 16.4. The minimum Gasteiger partial charge on any atom is -0.341 e. The molecule has 0 bridgehead atoms. The molecule has 0 radical (unpaired) electrons. The molecule has 1 N–H and O–H groups in total. The number of carbonyl (C=O) groups is 1. The van der Waals surface area contributed by atoms with Gasteiger partial charge in [0, 0.05) is 24.0 Å². The maximum Gasteiger partial charge on any atom is 0.275 e. The molecule has 0 saturated carbocycles. The predicted octanol–water partition coefficient (Wildman–Crippen LogP) is 3.93. The number of anilines is 2. The fourth-order valence-electron chi connectivity index (χ4n) is 2.94. The van der Waals surface area contributed by atoms with Gasteiger partial charge in [-0.2, -0.15) is 0 Å². The molecule has 3 aromatic rings. The van der Waals surface area contributed by atoms with E-state index in [2.05, 4.69) is 26.3 Å². The molecule has 1 fully saturated rings. The molecule has 0 atom stereocenters. The molecule has 6 heteroatoms. The molecule has 1 saturated heterocycles. The molecular weight excluding hydrogens is 320 g/mol. The van der Waals surface area contributed by atoms with E-state index in [0.29, 0.717) is 11.6 Å². The van der Waals surface area contributed by atoms with Crippen LogP contribution in [0.1, 0.15) is 29.8 Å². The van der Waals surface area contributed by atoms with Crippen molar-refractivity contribution in [1.82, 2.24) is 9.97 Å². The van der Waals surface area contributed by atoms with E-state index in [4.69, 9.17) is 0 Å². The molecule has 122 valence electrons. The normalized spacial score (nSPS) is 14.8. The number of piperidine rings is 1. The van der Waals surface area contributed by atoms with Crippen molar-refractivity contribution < 1.29 is 4.79 Å². The molecule has 1 aliphatic rings. The van der Waals surface area contributed by atoms with Crippen LogP contribution in [0.4, 0.5) is 10.9 Å². The SMILES string of the molecule is O=C(Nc1cc2ccccc2s1)c1ccnc(N2CCCCC2)n1. The minimum absolute atomic E-state index is 0.192. The third kappa shape index (κ3) is 3.10. The van der Waals surface area contributed by atoms with Gasteiger partial charge in [0.2, 0.25) is 5.95 Å². The highest BCUT2D eigenvalue weighted by molar-refractivity contribution is 7.23. The Labute approximate surface area is 144 Å². The van der Waals surface area contributed by atoms with E-state index < -0.39 is 0 Å². The Kier molecular flexibility index (Phi) is 4.13. The first-order valence-corrected chi connectivity index (χ1v) is 8.99. The number of rotatable bonds is 3. The van der Waals surface area contributed by atoms with Crippen LogP contribution in [0.3, 0.4) is 0 Å². The molecule has 1 aliphatic heterocycles. The molecule has 4 rings (SSSR count). The summed E-state index contributed by atoms with van der Waals surface area (Å²) < 4.78 is 1.16. The van der Waals surface area contributed by atoms with Gasteiger partial charge in [-0.15, -0.1) is 11.3 Å². The Bertz CT molecular complexity index is 837. The van der Waals surface area contributed by atoms with E-state index >= 15 is 0 Å². The first-order chi connectivity index (χ1) is 11.8. The highest BCUT2D eigenvalue weighted by Gasteiger charge is 2.16. The van der Waals surface area contributed by atoms with Crippen LogP contribution in [0, 0.1) is 0 Å². The molecule has 0 aliphatic carbocycles. The fraction of sp³-hybridized carbons (Fsp3) is 0.278. The van der Waals surface area contributed by atoms with Gasteiger partial charge in [0.05, 0.1) is 5.00 Å². The van der Waals surface area contributed by atoms with Crippen LogP contribution in [-0.4, -0.2) is 29.0 Å². The first-order valence-electron chi connectivity index (χ1n) is 8.17. The standard InChI is InChI=1S/C18H18N4OS/c23-17(21-16-12-13-6-2-3-7-15(13)24-16)14-8-9-19-18(20-14)22-10-4-1-5-11-22/h2-3,6-9,12H,1,4-5,10-11H2,(H,21,23). The molecule has 0 unspecified atom stereocenters. The van der Waals surface area contributed by atoms with Gasteiger partial charge in [0.15, 0.2) is 0 Å². The lowest BCUT2D eigenvalue weighted by Crippen LogP contribution is -2.31. The summed E-state index contributed by atoms with van der Waals surface area (Å²) in [6.07, 6.45) is 5.22. The quantitative estimate of drug-likeness (QED) is 0.786. The maximum absolute atomic E-state index is 12.5. The minimum atomic E-state index is -0.192. The van der Waals surface area contributed by atoms with Gasteiger partial charge in [-0.05, 0) is 42.8 Å². The topological polar surface area (TPSA) is 58.1 Å². The molecular formula is C18H18N4OS. The summed E-state index contributed by atoms with van der Waals surface area (Å²) in [7, 11) is 0. The van der Waals surface area contributed by atoms with E-state index in [9.17, 15) is 4.79 Å². The summed E-state index contributed by atoms with van der Waals surface area (Å²) in [5.74, 6) is 0.459. The smallest absolute Gasteiger partial charge is 0.275 e. The Morgan fingerprint density at radius 3 is 2.79 bits per heavy atom. The fourth-order valence-corrected chi connectivity index (χ4v) is 3.90. The summed E-state index contributed by atoms with van der Waals surface area (Å²) in [4.78, 5) is 23.4. The van der Waals surface area contributed by atoms with E-state index in [-0.39, 0.29) is 5.91 Å². The van der Waals surface area contributed by atoms with Crippen molar-refractivity contribution in [3.05, 3.63) is 48.3 Å². The molecule has 3 heterocycles. The number of thiophene rings is 1. The van der Waals surface area contributed by atoms with Crippen LogP contribution < -0.4 is 10.2 Å². The summed E-state index contributed by atoms with van der Waals surface area (Å²) in [5, 5.41) is 4.92. The molecule has 5 nitrogen and oxygen atoms in total. The van der Waals surface area contributed by atoms with Gasteiger partial charge >= 0.3 is 0 Å². The Morgan fingerprint density at radius 1 is 1.12 bits per heavy atom.